The van der Waals surface area contributed by atoms with Crippen LogP contribution in [0, 0.1) is 0 Å². The summed E-state index contributed by atoms with van der Waals surface area (Å²) in [5.74, 6) is -0.547. The highest BCUT2D eigenvalue weighted by Crippen LogP contribution is 2.28. The van der Waals surface area contributed by atoms with E-state index in [4.69, 9.17) is 0 Å². The van der Waals surface area contributed by atoms with Gasteiger partial charge in [0.25, 0.3) is 0 Å². The van der Waals surface area contributed by atoms with Gasteiger partial charge in [-0.25, -0.2) is 8.78 Å². The van der Waals surface area contributed by atoms with E-state index in [1.54, 1.807) is 18.5 Å². The molecule has 1 atom stereocenters. The molecule has 1 N–H and O–H groups in total. The summed E-state index contributed by atoms with van der Waals surface area (Å²) >= 11 is 0. The van der Waals surface area contributed by atoms with E-state index in [1.807, 2.05) is 19.1 Å². The molecular weight excluding hydrogens is 210 g/mol. The fourth-order valence-electron chi connectivity index (χ4n) is 1.72. The number of alkyl halides is 1. The van der Waals surface area contributed by atoms with Crippen LogP contribution in [0.3, 0.4) is 0 Å². The topological polar surface area (TPSA) is 24.9 Å². The first-order valence-electron chi connectivity index (χ1n) is 4.98. The molecule has 4 heteroatoms. The van der Waals surface area contributed by atoms with Gasteiger partial charge in [-0.2, -0.15) is 0 Å². The number of pyridine rings is 1. The molecule has 0 bridgehead atoms. The van der Waals surface area contributed by atoms with E-state index in [-0.39, 0.29) is 5.70 Å². The van der Waals surface area contributed by atoms with Gasteiger partial charge < -0.3 is 5.32 Å². The van der Waals surface area contributed by atoms with E-state index >= 15 is 0 Å². The van der Waals surface area contributed by atoms with Gasteiger partial charge in [-0.3, -0.25) is 4.98 Å². The second-order valence-corrected chi connectivity index (χ2v) is 3.86. The summed E-state index contributed by atoms with van der Waals surface area (Å²) in [6, 6.07) is 3.63. The van der Waals surface area contributed by atoms with Crippen molar-refractivity contribution in [3.8, 4) is 0 Å². The van der Waals surface area contributed by atoms with Crippen LogP contribution in [-0.2, 0) is 5.54 Å². The summed E-state index contributed by atoms with van der Waals surface area (Å²) in [6.07, 6.45) is 6.28. The average Bonchev–Trinajstić information content (AvgIpc) is 2.34. The first-order chi connectivity index (χ1) is 7.65. The van der Waals surface area contributed by atoms with E-state index in [9.17, 15) is 8.78 Å². The van der Waals surface area contributed by atoms with Crippen LogP contribution >= 0.6 is 0 Å². The zero-order valence-corrected chi connectivity index (χ0v) is 8.87. The Hall–Kier alpha value is -1.71. The summed E-state index contributed by atoms with van der Waals surface area (Å²) in [6.45, 7) is 1.03. The van der Waals surface area contributed by atoms with Gasteiger partial charge in [0.15, 0.2) is 0 Å². The van der Waals surface area contributed by atoms with E-state index in [1.165, 1.54) is 6.08 Å². The molecule has 1 aromatic rings. The Bertz CT molecular complexity index is 440. The summed E-state index contributed by atoms with van der Waals surface area (Å²) in [7, 11) is 0. The number of rotatable bonds is 2. The second-order valence-electron chi connectivity index (χ2n) is 3.86. The van der Waals surface area contributed by atoms with Crippen LogP contribution in [0.4, 0.5) is 8.78 Å². The SMILES string of the molecule is CC1(c2ccncc2)C=CC(F)=C(CF)N1. The maximum Gasteiger partial charge on any atom is 0.144 e. The lowest BCUT2D eigenvalue weighted by Gasteiger charge is -2.32. The third-order valence-corrected chi connectivity index (χ3v) is 2.68. The van der Waals surface area contributed by atoms with E-state index < -0.39 is 18.0 Å². The largest absolute Gasteiger partial charge is 0.371 e. The van der Waals surface area contributed by atoms with Gasteiger partial charge in [0.1, 0.15) is 12.5 Å². The zero-order valence-electron chi connectivity index (χ0n) is 8.87. The predicted molar refractivity (Wildman–Crippen MR) is 58.0 cm³/mol. The van der Waals surface area contributed by atoms with Crippen molar-refractivity contribution < 1.29 is 8.78 Å². The van der Waals surface area contributed by atoms with Crippen molar-refractivity contribution in [1.29, 1.82) is 0 Å². The molecule has 0 spiro atoms. The molecule has 1 aliphatic heterocycles. The Balaban J connectivity index is 2.34. The fraction of sp³-hybridized carbons (Fsp3) is 0.250. The van der Waals surface area contributed by atoms with Crippen LogP contribution in [-0.4, -0.2) is 11.7 Å². The highest BCUT2D eigenvalue weighted by atomic mass is 19.1. The third kappa shape index (κ3) is 1.83. The normalized spacial score (nSPS) is 24.4. The monoisotopic (exact) mass is 222 g/mol. The molecule has 2 nitrogen and oxygen atoms in total. The second kappa shape index (κ2) is 4.04. The van der Waals surface area contributed by atoms with Crippen molar-refractivity contribution in [2.45, 2.75) is 12.5 Å². The Morgan fingerprint density at radius 1 is 1.38 bits per heavy atom. The zero-order chi connectivity index (χ0) is 11.6. The van der Waals surface area contributed by atoms with Crippen LogP contribution in [0.5, 0.6) is 0 Å². The van der Waals surface area contributed by atoms with Crippen LogP contribution < -0.4 is 5.32 Å². The number of allylic oxidation sites excluding steroid dienone is 3. The number of hydrogen-bond donors (Lipinski definition) is 1. The maximum absolute atomic E-state index is 13.2. The molecule has 0 fully saturated rings. The van der Waals surface area contributed by atoms with E-state index in [0.717, 1.165) is 5.56 Å². The lowest BCUT2D eigenvalue weighted by molar-refractivity contribution is 0.420. The minimum absolute atomic E-state index is 0.0122. The number of nitrogens with one attached hydrogen (secondary N) is 1. The molecule has 0 saturated carbocycles. The van der Waals surface area contributed by atoms with Gasteiger partial charge in [-0.1, -0.05) is 6.08 Å². The molecule has 0 aromatic carbocycles. The predicted octanol–water partition coefficient (Wildman–Crippen LogP) is 2.61. The molecule has 0 radical (unpaired) electrons. The van der Waals surface area contributed by atoms with Crippen LogP contribution in [0.25, 0.3) is 0 Å². The van der Waals surface area contributed by atoms with Crippen molar-refractivity contribution in [3.05, 3.63) is 53.8 Å². The Morgan fingerprint density at radius 3 is 2.69 bits per heavy atom. The third-order valence-electron chi connectivity index (χ3n) is 2.68. The molecule has 16 heavy (non-hydrogen) atoms. The number of aromatic nitrogens is 1. The molecule has 0 aliphatic carbocycles. The molecule has 84 valence electrons. The van der Waals surface area contributed by atoms with Crippen molar-refractivity contribution in [1.82, 2.24) is 10.3 Å². The molecular formula is C12H12F2N2. The summed E-state index contributed by atoms with van der Waals surface area (Å²) in [5.41, 5.74) is 0.318. The van der Waals surface area contributed by atoms with Gasteiger partial charge in [0, 0.05) is 12.4 Å². The van der Waals surface area contributed by atoms with Crippen LogP contribution in [0.2, 0.25) is 0 Å². The molecule has 1 aromatic heterocycles. The molecule has 1 aliphatic rings. The Labute approximate surface area is 92.7 Å². The molecule has 0 amide bonds. The van der Waals surface area contributed by atoms with Gasteiger partial charge in [0.05, 0.1) is 11.2 Å². The first kappa shape index (κ1) is 10.8. The van der Waals surface area contributed by atoms with Crippen molar-refractivity contribution in [2.75, 3.05) is 6.67 Å². The highest BCUT2D eigenvalue weighted by molar-refractivity contribution is 5.36. The number of hydrogen-bond acceptors (Lipinski definition) is 2. The Kier molecular flexibility index (Phi) is 2.73. The van der Waals surface area contributed by atoms with E-state index in [0.29, 0.717) is 0 Å². The maximum atomic E-state index is 13.2. The lowest BCUT2D eigenvalue weighted by Crippen LogP contribution is -2.39. The van der Waals surface area contributed by atoms with E-state index in [2.05, 4.69) is 10.3 Å². The quantitative estimate of drug-likeness (QED) is 0.832. The van der Waals surface area contributed by atoms with Crippen LogP contribution in [0.1, 0.15) is 12.5 Å². The minimum Gasteiger partial charge on any atom is -0.371 e. The lowest BCUT2D eigenvalue weighted by atomic mass is 9.90. The molecule has 2 heterocycles. The minimum atomic E-state index is -0.836. The van der Waals surface area contributed by atoms with Gasteiger partial charge in [-0.15, -0.1) is 0 Å². The van der Waals surface area contributed by atoms with Crippen molar-refractivity contribution >= 4 is 0 Å². The summed E-state index contributed by atoms with van der Waals surface area (Å²) < 4.78 is 25.8. The smallest absolute Gasteiger partial charge is 0.144 e. The fourth-order valence-corrected chi connectivity index (χ4v) is 1.72. The molecule has 1 unspecified atom stereocenters. The van der Waals surface area contributed by atoms with Gasteiger partial charge in [0.2, 0.25) is 0 Å². The number of halogens is 2. The standard InChI is InChI=1S/C12H12F2N2/c1-12(9-3-6-15-7-4-9)5-2-10(14)11(8-13)16-12/h2-7,16H,8H2,1H3. The first-order valence-corrected chi connectivity index (χ1v) is 4.98. The highest BCUT2D eigenvalue weighted by Gasteiger charge is 2.28. The number of dihydropyridines is 1. The van der Waals surface area contributed by atoms with Crippen LogP contribution in [0.15, 0.2) is 48.2 Å². The van der Waals surface area contributed by atoms with Crippen molar-refractivity contribution in [3.63, 3.8) is 0 Å². The summed E-state index contributed by atoms with van der Waals surface area (Å²) in [5, 5.41) is 2.86. The summed E-state index contributed by atoms with van der Waals surface area (Å²) in [4.78, 5) is 3.91. The Morgan fingerprint density at radius 2 is 2.06 bits per heavy atom. The molecule has 0 saturated heterocycles. The average molecular weight is 222 g/mol. The van der Waals surface area contributed by atoms with Crippen molar-refractivity contribution in [2.24, 2.45) is 0 Å². The number of nitrogens with zero attached hydrogens (tertiary/aromatic N) is 1. The van der Waals surface area contributed by atoms with Gasteiger partial charge >= 0.3 is 0 Å². The van der Waals surface area contributed by atoms with Gasteiger partial charge in [-0.05, 0) is 30.7 Å². The molecule has 2 rings (SSSR count).